The summed E-state index contributed by atoms with van der Waals surface area (Å²) in [6.07, 6.45) is -2.02. The largest absolute Gasteiger partial charge is 0.417 e. The lowest BCUT2D eigenvalue weighted by atomic mass is 10.2. The molecule has 0 saturated heterocycles. The van der Waals surface area contributed by atoms with Crippen LogP contribution in [0.1, 0.15) is 5.56 Å². The molecule has 0 unspecified atom stereocenters. The van der Waals surface area contributed by atoms with Crippen molar-refractivity contribution >= 4 is 23.4 Å². The van der Waals surface area contributed by atoms with Gasteiger partial charge in [-0.15, -0.1) is 11.8 Å². The van der Waals surface area contributed by atoms with Crippen molar-refractivity contribution in [1.82, 2.24) is 4.57 Å². The molecule has 0 fully saturated rings. The molecule has 4 nitrogen and oxygen atoms in total. The van der Waals surface area contributed by atoms with Crippen LogP contribution in [0.2, 0.25) is 0 Å². The fraction of sp³-hybridized carbons (Fsp3) is 0.200. The normalized spacial score (nSPS) is 11.3. The first-order chi connectivity index (χ1) is 10.8. The Hall–Kier alpha value is -2.22. The van der Waals surface area contributed by atoms with E-state index in [1.807, 2.05) is 6.26 Å². The minimum atomic E-state index is -4.57. The Morgan fingerprint density at radius 2 is 1.83 bits per heavy atom. The third kappa shape index (κ3) is 4.62. The van der Waals surface area contributed by atoms with Crippen LogP contribution in [0.4, 0.5) is 18.9 Å². The Morgan fingerprint density at radius 1 is 1.17 bits per heavy atom. The highest BCUT2D eigenvalue weighted by molar-refractivity contribution is 7.98. The molecule has 0 aliphatic rings. The molecule has 2 rings (SSSR count). The number of anilines is 1. The van der Waals surface area contributed by atoms with E-state index in [2.05, 4.69) is 5.32 Å². The number of amides is 1. The Morgan fingerprint density at radius 3 is 2.39 bits per heavy atom. The molecule has 1 N–H and O–H groups in total. The van der Waals surface area contributed by atoms with Gasteiger partial charge in [0.25, 0.3) is 5.56 Å². The predicted octanol–water partition coefficient (Wildman–Crippen LogP) is 3.23. The Labute approximate surface area is 134 Å². The summed E-state index contributed by atoms with van der Waals surface area (Å²) in [7, 11) is 0. The van der Waals surface area contributed by atoms with E-state index in [0.717, 1.165) is 15.5 Å². The fourth-order valence-electron chi connectivity index (χ4n) is 1.85. The summed E-state index contributed by atoms with van der Waals surface area (Å²) in [5.41, 5.74) is -1.15. The lowest BCUT2D eigenvalue weighted by molar-refractivity contribution is -0.138. The van der Waals surface area contributed by atoms with E-state index >= 15 is 0 Å². The number of hydrogen-bond acceptors (Lipinski definition) is 3. The van der Waals surface area contributed by atoms with Crippen molar-refractivity contribution in [2.24, 2.45) is 0 Å². The lowest BCUT2D eigenvalue weighted by Gasteiger charge is -2.11. The summed E-state index contributed by atoms with van der Waals surface area (Å²) in [6.45, 7) is -0.493. The number of aromatic nitrogens is 1. The zero-order valence-corrected chi connectivity index (χ0v) is 12.9. The number of nitrogens with zero attached hydrogens (tertiary/aromatic N) is 1. The first kappa shape index (κ1) is 17.1. The van der Waals surface area contributed by atoms with Crippen molar-refractivity contribution < 1.29 is 18.0 Å². The van der Waals surface area contributed by atoms with Gasteiger partial charge in [0.2, 0.25) is 5.91 Å². The van der Waals surface area contributed by atoms with Crippen LogP contribution in [0.3, 0.4) is 0 Å². The maximum atomic E-state index is 12.6. The van der Waals surface area contributed by atoms with E-state index in [4.69, 9.17) is 0 Å². The predicted molar refractivity (Wildman–Crippen MR) is 82.6 cm³/mol. The van der Waals surface area contributed by atoms with Crippen LogP contribution >= 0.6 is 11.8 Å². The minimum absolute atomic E-state index is 0.493. The molecule has 0 spiro atoms. The number of rotatable bonds is 4. The van der Waals surface area contributed by atoms with Gasteiger partial charge in [0, 0.05) is 22.8 Å². The van der Waals surface area contributed by atoms with E-state index in [0.29, 0.717) is 18.0 Å². The lowest BCUT2D eigenvalue weighted by Crippen LogP contribution is -2.28. The van der Waals surface area contributed by atoms with Crippen LogP contribution in [0, 0.1) is 0 Å². The molecule has 1 aromatic carbocycles. The van der Waals surface area contributed by atoms with Crippen LogP contribution in [0.5, 0.6) is 0 Å². The third-order valence-corrected chi connectivity index (χ3v) is 3.74. The number of benzene rings is 1. The van der Waals surface area contributed by atoms with E-state index in [-0.39, 0.29) is 0 Å². The Bertz CT molecular complexity index is 755. The van der Waals surface area contributed by atoms with Crippen LogP contribution in [-0.2, 0) is 17.5 Å². The molecule has 0 bridgehead atoms. The van der Waals surface area contributed by atoms with Crippen molar-refractivity contribution in [2.75, 3.05) is 11.6 Å². The highest BCUT2D eigenvalue weighted by atomic mass is 32.2. The topological polar surface area (TPSA) is 51.1 Å². The quantitative estimate of drug-likeness (QED) is 0.868. The number of carbonyl (C=O) groups excluding carboxylic acids is 1. The number of halogens is 3. The summed E-state index contributed by atoms with van der Waals surface area (Å²) in [6, 6.07) is 8.45. The zero-order valence-electron chi connectivity index (χ0n) is 12.1. The molecule has 2 aromatic rings. The zero-order chi connectivity index (χ0) is 17.0. The molecular formula is C15H13F3N2O2S. The van der Waals surface area contributed by atoms with E-state index in [1.54, 1.807) is 36.0 Å². The van der Waals surface area contributed by atoms with E-state index in [9.17, 15) is 22.8 Å². The van der Waals surface area contributed by atoms with Crippen LogP contribution in [-0.4, -0.2) is 16.7 Å². The molecule has 0 saturated carbocycles. The van der Waals surface area contributed by atoms with Crippen molar-refractivity contribution in [1.29, 1.82) is 0 Å². The molecule has 0 radical (unpaired) electrons. The summed E-state index contributed by atoms with van der Waals surface area (Å²) < 4.78 is 38.6. The average molecular weight is 342 g/mol. The smallest absolute Gasteiger partial charge is 0.325 e. The van der Waals surface area contributed by atoms with Crippen LogP contribution < -0.4 is 10.9 Å². The minimum Gasteiger partial charge on any atom is -0.325 e. The van der Waals surface area contributed by atoms with Gasteiger partial charge in [0.1, 0.15) is 6.54 Å². The second-order valence-corrected chi connectivity index (χ2v) is 5.54. The van der Waals surface area contributed by atoms with Crippen molar-refractivity contribution in [3.8, 4) is 0 Å². The maximum absolute atomic E-state index is 12.6. The molecular weight excluding hydrogens is 329 g/mol. The second-order valence-electron chi connectivity index (χ2n) is 4.66. The van der Waals surface area contributed by atoms with Gasteiger partial charge in [-0.05, 0) is 36.6 Å². The number of thioether (sulfide) groups is 1. The van der Waals surface area contributed by atoms with Gasteiger partial charge in [-0.2, -0.15) is 13.2 Å². The molecule has 0 atom stereocenters. The molecule has 1 heterocycles. The number of alkyl halides is 3. The number of pyridine rings is 1. The first-order valence-corrected chi connectivity index (χ1v) is 7.73. The van der Waals surface area contributed by atoms with Gasteiger partial charge < -0.3 is 9.88 Å². The van der Waals surface area contributed by atoms with Gasteiger partial charge >= 0.3 is 6.18 Å². The number of nitrogens with one attached hydrogen (secondary N) is 1. The molecule has 23 heavy (non-hydrogen) atoms. The standard InChI is InChI=1S/C15H13F3N2O2S/c1-23-12-5-3-11(4-6-12)19-13(21)9-20-8-10(15(16,17)18)2-7-14(20)22/h2-8H,9H2,1H3,(H,19,21). The summed E-state index contributed by atoms with van der Waals surface area (Å²) in [4.78, 5) is 24.5. The fourth-order valence-corrected chi connectivity index (χ4v) is 2.26. The van der Waals surface area contributed by atoms with E-state index < -0.39 is 29.8 Å². The van der Waals surface area contributed by atoms with E-state index in [1.165, 1.54) is 0 Å². The van der Waals surface area contributed by atoms with Crippen molar-refractivity contribution in [3.63, 3.8) is 0 Å². The van der Waals surface area contributed by atoms with Crippen LogP contribution in [0.25, 0.3) is 0 Å². The average Bonchev–Trinajstić information content (AvgIpc) is 2.49. The molecule has 0 aliphatic heterocycles. The van der Waals surface area contributed by atoms with Crippen molar-refractivity contribution in [2.45, 2.75) is 17.6 Å². The second kappa shape index (κ2) is 6.91. The molecule has 122 valence electrons. The van der Waals surface area contributed by atoms with Gasteiger partial charge in [0.15, 0.2) is 0 Å². The number of hydrogen-bond donors (Lipinski definition) is 1. The summed E-state index contributed by atoms with van der Waals surface area (Å²) >= 11 is 1.54. The molecule has 1 aromatic heterocycles. The summed E-state index contributed by atoms with van der Waals surface area (Å²) in [5.74, 6) is -0.580. The molecule has 8 heteroatoms. The van der Waals surface area contributed by atoms with Crippen LogP contribution in [0.15, 0.2) is 52.3 Å². The first-order valence-electron chi connectivity index (χ1n) is 6.51. The highest BCUT2D eigenvalue weighted by Crippen LogP contribution is 2.28. The monoisotopic (exact) mass is 342 g/mol. The Balaban J connectivity index is 2.11. The van der Waals surface area contributed by atoms with Gasteiger partial charge in [0.05, 0.1) is 5.56 Å². The van der Waals surface area contributed by atoms with Gasteiger partial charge in [-0.3, -0.25) is 9.59 Å². The summed E-state index contributed by atoms with van der Waals surface area (Å²) in [5, 5.41) is 2.54. The maximum Gasteiger partial charge on any atom is 0.417 e. The van der Waals surface area contributed by atoms with Gasteiger partial charge in [-0.1, -0.05) is 0 Å². The number of carbonyl (C=O) groups is 1. The van der Waals surface area contributed by atoms with Crippen molar-refractivity contribution in [3.05, 3.63) is 58.5 Å². The molecule has 1 amide bonds. The third-order valence-electron chi connectivity index (χ3n) is 3.00. The van der Waals surface area contributed by atoms with Gasteiger partial charge in [-0.25, -0.2) is 0 Å². The molecule has 0 aliphatic carbocycles. The Kier molecular flexibility index (Phi) is 5.15. The highest BCUT2D eigenvalue weighted by Gasteiger charge is 2.31. The SMILES string of the molecule is CSc1ccc(NC(=O)Cn2cc(C(F)(F)F)ccc2=O)cc1.